The van der Waals surface area contributed by atoms with Crippen LogP contribution in [-0.2, 0) is 4.79 Å². The third-order valence-corrected chi connectivity index (χ3v) is 6.83. The maximum Gasteiger partial charge on any atom is 0.454 e. The third kappa shape index (κ3) is 10.3. The van der Waals surface area contributed by atoms with E-state index in [2.05, 4.69) is 26.6 Å². The van der Waals surface area contributed by atoms with Crippen molar-refractivity contribution in [2.75, 3.05) is 0 Å². The Kier molecular flexibility index (Phi) is 11.0. The largest absolute Gasteiger partial charge is 0.474 e. The van der Waals surface area contributed by atoms with E-state index in [0.717, 1.165) is 37.1 Å². The number of furan rings is 1. The first kappa shape index (κ1) is 25.7. The van der Waals surface area contributed by atoms with E-state index in [4.69, 9.17) is 4.42 Å². The van der Waals surface area contributed by atoms with Gasteiger partial charge in [-0.1, -0.05) is 84.4 Å². The molecule has 0 fully saturated rings. The average molecular weight is 431 g/mol. The highest BCUT2D eigenvalue weighted by atomic mass is 28.3. The highest BCUT2D eigenvalue weighted by molar-refractivity contribution is 6.87. The minimum atomic E-state index is -4.84. The normalized spacial score (nSPS) is 13.1. The molecule has 0 aliphatic rings. The number of halogens is 3. The predicted molar refractivity (Wildman–Crippen MR) is 117 cm³/mol. The van der Waals surface area contributed by atoms with E-state index >= 15 is 0 Å². The zero-order chi connectivity index (χ0) is 21.9. The number of allylic oxidation sites excluding steroid dienone is 2. The number of hydrogen-bond donors (Lipinski definition) is 0. The number of rotatable bonds is 14. The van der Waals surface area contributed by atoms with Crippen molar-refractivity contribution in [1.29, 1.82) is 0 Å². The Morgan fingerprint density at radius 3 is 1.93 bits per heavy atom. The lowest BCUT2D eigenvalue weighted by molar-refractivity contribution is -0.165. The Hall–Kier alpha value is -1.30. The fourth-order valence-electron chi connectivity index (χ4n) is 3.24. The molecule has 1 rings (SSSR count). The number of carbonyl (C=O) groups is 1. The highest BCUT2D eigenvalue weighted by Gasteiger charge is 2.37. The van der Waals surface area contributed by atoms with Crippen LogP contribution in [0.4, 0.5) is 13.2 Å². The molecular weight excluding hydrogens is 393 g/mol. The zero-order valence-electron chi connectivity index (χ0n) is 18.5. The molecule has 0 aliphatic heterocycles. The average Bonchev–Trinajstić information content (AvgIpc) is 3.11. The topological polar surface area (TPSA) is 30.2 Å². The fraction of sp³-hybridized carbons (Fsp3) is 0.696. The summed E-state index contributed by atoms with van der Waals surface area (Å²) in [5.41, 5.74) is 1.04. The predicted octanol–water partition coefficient (Wildman–Crippen LogP) is 7.65. The van der Waals surface area contributed by atoms with E-state index < -0.39 is 20.0 Å². The molecule has 29 heavy (non-hydrogen) atoms. The summed E-state index contributed by atoms with van der Waals surface area (Å²) < 4.78 is 43.8. The minimum Gasteiger partial charge on any atom is -0.474 e. The second-order valence-electron chi connectivity index (χ2n) is 8.91. The van der Waals surface area contributed by atoms with Gasteiger partial charge in [-0.3, -0.25) is 4.79 Å². The van der Waals surface area contributed by atoms with Crippen LogP contribution in [0.3, 0.4) is 0 Å². The van der Waals surface area contributed by atoms with Gasteiger partial charge in [-0.05, 0) is 30.6 Å². The molecule has 0 aliphatic carbocycles. The summed E-state index contributed by atoms with van der Waals surface area (Å²) in [5, 5.41) is 0.834. The van der Waals surface area contributed by atoms with Gasteiger partial charge >= 0.3 is 6.18 Å². The Bertz CT molecular complexity index is 639. The van der Waals surface area contributed by atoms with E-state index in [0.29, 0.717) is 17.6 Å². The van der Waals surface area contributed by atoms with E-state index in [-0.39, 0.29) is 0 Å². The smallest absolute Gasteiger partial charge is 0.454 e. The highest BCUT2D eigenvalue weighted by Crippen LogP contribution is 2.26. The Labute approximate surface area is 175 Å². The summed E-state index contributed by atoms with van der Waals surface area (Å²) in [6, 6.07) is 1.82. The van der Waals surface area contributed by atoms with E-state index in [1.165, 1.54) is 44.8 Å². The van der Waals surface area contributed by atoms with E-state index in [9.17, 15) is 18.0 Å². The molecule has 1 aromatic heterocycles. The maximum absolute atomic E-state index is 12.7. The van der Waals surface area contributed by atoms with Crippen molar-refractivity contribution in [1.82, 2.24) is 0 Å². The standard InChI is InChI=1S/C23H37F3O2Si/c1-5-6-7-8-9-10-11-12-13-14-15-19(16-21(27)23(24,25)26)20-17-22(28-18-20)29(2,3)4/h16-18H,5-15H2,1-4H3/b19-16-. The van der Waals surface area contributed by atoms with Gasteiger partial charge in [0.15, 0.2) is 0 Å². The van der Waals surface area contributed by atoms with Gasteiger partial charge < -0.3 is 4.42 Å². The molecule has 2 nitrogen and oxygen atoms in total. The van der Waals surface area contributed by atoms with Crippen LogP contribution in [0.5, 0.6) is 0 Å². The Balaban J connectivity index is 2.58. The second-order valence-corrected chi connectivity index (χ2v) is 13.9. The summed E-state index contributed by atoms with van der Waals surface area (Å²) in [5.74, 6) is -1.80. The van der Waals surface area contributed by atoms with Gasteiger partial charge in [-0.15, -0.1) is 0 Å². The Morgan fingerprint density at radius 2 is 1.48 bits per heavy atom. The van der Waals surface area contributed by atoms with Gasteiger partial charge in [0.25, 0.3) is 5.78 Å². The molecule has 0 bridgehead atoms. The van der Waals surface area contributed by atoms with Crippen molar-refractivity contribution in [3.05, 3.63) is 24.0 Å². The van der Waals surface area contributed by atoms with Crippen molar-refractivity contribution in [3.63, 3.8) is 0 Å². The first-order valence-corrected chi connectivity index (χ1v) is 14.5. The van der Waals surface area contributed by atoms with Crippen molar-refractivity contribution in [2.45, 2.75) is 103 Å². The van der Waals surface area contributed by atoms with Crippen LogP contribution >= 0.6 is 0 Å². The molecule has 0 saturated carbocycles. The van der Waals surface area contributed by atoms with Crippen LogP contribution in [0.15, 0.2) is 22.8 Å². The van der Waals surface area contributed by atoms with E-state index in [1.54, 1.807) is 0 Å². The lowest BCUT2D eigenvalue weighted by Gasteiger charge is -2.11. The molecule has 0 unspecified atom stereocenters. The molecule has 166 valence electrons. The van der Waals surface area contributed by atoms with Gasteiger partial charge in [-0.2, -0.15) is 13.2 Å². The molecule has 0 N–H and O–H groups in total. The lowest BCUT2D eigenvalue weighted by atomic mass is 9.99. The Morgan fingerprint density at radius 1 is 0.966 bits per heavy atom. The zero-order valence-corrected chi connectivity index (χ0v) is 19.5. The summed E-state index contributed by atoms with van der Waals surface area (Å²) in [6.45, 7) is 8.55. The van der Waals surface area contributed by atoms with Crippen molar-refractivity contribution in [2.24, 2.45) is 0 Å². The lowest BCUT2D eigenvalue weighted by Crippen LogP contribution is -2.36. The third-order valence-electron chi connectivity index (χ3n) is 5.09. The van der Waals surface area contributed by atoms with Crippen LogP contribution in [0.1, 0.15) is 83.1 Å². The molecule has 0 radical (unpaired) electrons. The molecule has 0 spiro atoms. The van der Waals surface area contributed by atoms with Crippen LogP contribution < -0.4 is 5.38 Å². The van der Waals surface area contributed by atoms with Gasteiger partial charge in [0.2, 0.25) is 0 Å². The van der Waals surface area contributed by atoms with Crippen LogP contribution in [0, 0.1) is 0 Å². The molecule has 0 amide bonds. The summed E-state index contributed by atoms with van der Waals surface area (Å²) >= 11 is 0. The van der Waals surface area contributed by atoms with Crippen LogP contribution in [-0.4, -0.2) is 20.0 Å². The molecular formula is C23H37F3O2Si. The van der Waals surface area contributed by atoms with Crippen molar-refractivity contribution in [3.8, 4) is 0 Å². The van der Waals surface area contributed by atoms with Gasteiger partial charge in [0.1, 0.15) is 8.07 Å². The second kappa shape index (κ2) is 12.4. The SMILES string of the molecule is CCCCCCCCCCCC/C(=C/C(=O)C(F)(F)F)c1coc([Si](C)(C)C)c1. The minimum absolute atomic E-state index is 0.431. The molecule has 0 atom stereocenters. The number of carbonyl (C=O) groups excluding carboxylic acids is 1. The molecule has 1 aromatic rings. The fourth-order valence-corrected chi connectivity index (χ4v) is 4.24. The quantitative estimate of drug-likeness (QED) is 0.172. The molecule has 0 saturated heterocycles. The number of hydrogen-bond acceptors (Lipinski definition) is 2. The number of ketones is 1. The van der Waals surface area contributed by atoms with E-state index in [1.807, 2.05) is 6.07 Å². The van der Waals surface area contributed by atoms with Crippen molar-refractivity contribution >= 4 is 24.8 Å². The summed E-state index contributed by atoms with van der Waals surface area (Å²) in [6.07, 6.45) is 9.51. The molecule has 6 heteroatoms. The van der Waals surface area contributed by atoms with Gasteiger partial charge in [0.05, 0.1) is 11.6 Å². The monoisotopic (exact) mass is 430 g/mol. The van der Waals surface area contributed by atoms with Crippen molar-refractivity contribution < 1.29 is 22.4 Å². The molecule has 1 heterocycles. The first-order chi connectivity index (χ1) is 13.6. The summed E-state index contributed by atoms with van der Waals surface area (Å²) in [7, 11) is -1.70. The van der Waals surface area contributed by atoms with Crippen LogP contribution in [0.2, 0.25) is 19.6 Å². The van der Waals surface area contributed by atoms with Crippen LogP contribution in [0.25, 0.3) is 5.57 Å². The van der Waals surface area contributed by atoms with Gasteiger partial charge in [0, 0.05) is 5.56 Å². The first-order valence-electron chi connectivity index (χ1n) is 11.0. The number of alkyl halides is 3. The maximum atomic E-state index is 12.7. The molecule has 0 aromatic carbocycles. The number of unbranched alkanes of at least 4 members (excludes halogenated alkanes) is 9. The van der Waals surface area contributed by atoms with Gasteiger partial charge in [-0.25, -0.2) is 0 Å². The summed E-state index contributed by atoms with van der Waals surface area (Å²) in [4.78, 5) is 11.5.